The normalized spacial score (nSPS) is 15.9. The summed E-state index contributed by atoms with van der Waals surface area (Å²) in [7, 11) is 1.88. The Labute approximate surface area is 242 Å². The highest BCUT2D eigenvalue weighted by Gasteiger charge is 2.27. The van der Waals surface area contributed by atoms with Gasteiger partial charge in [-0.05, 0) is 73.5 Å². The van der Waals surface area contributed by atoms with Crippen molar-refractivity contribution in [3.63, 3.8) is 0 Å². The van der Waals surface area contributed by atoms with E-state index in [2.05, 4.69) is 41.4 Å². The summed E-state index contributed by atoms with van der Waals surface area (Å²) in [5.74, 6) is 0.787. The summed E-state index contributed by atoms with van der Waals surface area (Å²) < 4.78 is 7.50. The number of nitrogens with zero attached hydrogens (tertiary/aromatic N) is 4. The first-order valence-electron chi connectivity index (χ1n) is 14.5. The number of aromatic nitrogens is 2. The van der Waals surface area contributed by atoms with Gasteiger partial charge in [0.15, 0.2) is 0 Å². The SMILES string of the molecule is Cc1cc(C(=O)N2Cc3cnn(C)c3Nc3ccccc32)ccc1CNC(=O)OC1CCN(CCC(C)(C)C)CC1. The molecule has 5 rings (SSSR count). The lowest BCUT2D eigenvalue weighted by Gasteiger charge is -2.33. The van der Waals surface area contributed by atoms with Gasteiger partial charge in [0.05, 0.1) is 24.1 Å². The number of anilines is 3. The van der Waals surface area contributed by atoms with Crippen molar-refractivity contribution < 1.29 is 14.3 Å². The highest BCUT2D eigenvalue weighted by Crippen LogP contribution is 2.36. The van der Waals surface area contributed by atoms with E-state index in [-0.39, 0.29) is 12.0 Å². The van der Waals surface area contributed by atoms with E-state index in [4.69, 9.17) is 4.74 Å². The summed E-state index contributed by atoms with van der Waals surface area (Å²) in [6.45, 7) is 12.5. The summed E-state index contributed by atoms with van der Waals surface area (Å²) in [5, 5.41) is 10.7. The molecule has 2 amide bonds. The number of nitrogens with one attached hydrogen (secondary N) is 2. The standard InChI is InChI=1S/C32H42N6O3/c1-22-18-23(30(39)38-21-25-20-34-36(5)29(25)35-27-8-6-7-9-28(27)38)10-11-24(22)19-33-31(40)41-26-12-15-37(16-13-26)17-14-32(2,3)4/h6-11,18,20,26,35H,12-17,19,21H2,1-5H3,(H,33,40). The number of carbonyl (C=O) groups excluding carboxylic acids is 2. The van der Waals surface area contributed by atoms with Crippen LogP contribution in [0.15, 0.2) is 48.7 Å². The second-order valence-corrected chi connectivity index (χ2v) is 12.4. The predicted molar refractivity (Wildman–Crippen MR) is 161 cm³/mol. The number of ether oxygens (including phenoxy) is 1. The van der Waals surface area contributed by atoms with Crippen molar-refractivity contribution in [1.29, 1.82) is 0 Å². The van der Waals surface area contributed by atoms with Crippen molar-refractivity contribution in [2.45, 2.75) is 66.2 Å². The number of likely N-dealkylation sites (tertiary alicyclic amines) is 1. The van der Waals surface area contributed by atoms with Gasteiger partial charge in [-0.1, -0.05) is 39.0 Å². The Hall–Kier alpha value is -3.85. The first kappa shape index (κ1) is 28.7. The second-order valence-electron chi connectivity index (χ2n) is 12.4. The molecule has 2 aromatic carbocycles. The molecule has 0 saturated carbocycles. The zero-order chi connectivity index (χ0) is 29.1. The summed E-state index contributed by atoms with van der Waals surface area (Å²) in [4.78, 5) is 30.6. The lowest BCUT2D eigenvalue weighted by molar-refractivity contribution is 0.0479. The summed E-state index contributed by atoms with van der Waals surface area (Å²) in [5.41, 5.74) is 5.43. The first-order valence-corrected chi connectivity index (χ1v) is 14.5. The molecule has 1 aromatic heterocycles. The number of amides is 2. The maximum absolute atomic E-state index is 13.8. The van der Waals surface area contributed by atoms with Crippen molar-refractivity contribution >= 4 is 29.2 Å². The fraction of sp³-hybridized carbons (Fsp3) is 0.469. The highest BCUT2D eigenvalue weighted by molar-refractivity contribution is 6.08. The smallest absolute Gasteiger partial charge is 0.407 e. The van der Waals surface area contributed by atoms with E-state index < -0.39 is 6.09 Å². The largest absolute Gasteiger partial charge is 0.446 e. The minimum Gasteiger partial charge on any atom is -0.446 e. The number of fused-ring (bicyclic) bond motifs is 2. The molecule has 2 N–H and O–H groups in total. The van der Waals surface area contributed by atoms with E-state index in [1.165, 1.54) is 0 Å². The average molecular weight is 559 g/mol. The molecule has 1 saturated heterocycles. The van der Waals surface area contributed by atoms with E-state index in [1.54, 1.807) is 15.8 Å². The number of piperidine rings is 1. The topological polar surface area (TPSA) is 91.7 Å². The number of alkyl carbamates (subject to hydrolysis) is 1. The quantitative estimate of drug-likeness (QED) is 0.400. The van der Waals surface area contributed by atoms with E-state index in [0.29, 0.717) is 24.1 Å². The van der Waals surface area contributed by atoms with Gasteiger partial charge in [0.1, 0.15) is 11.9 Å². The van der Waals surface area contributed by atoms with E-state index >= 15 is 0 Å². The lowest BCUT2D eigenvalue weighted by atomic mass is 9.91. The van der Waals surface area contributed by atoms with Crippen LogP contribution in [0.25, 0.3) is 0 Å². The Morgan fingerprint density at radius 3 is 2.61 bits per heavy atom. The number of hydrogen-bond donors (Lipinski definition) is 2. The Bertz CT molecular complexity index is 1400. The Morgan fingerprint density at radius 2 is 1.88 bits per heavy atom. The van der Waals surface area contributed by atoms with Crippen molar-refractivity contribution in [3.05, 3.63) is 70.9 Å². The highest BCUT2D eigenvalue weighted by atomic mass is 16.6. The zero-order valence-electron chi connectivity index (χ0n) is 24.9. The second kappa shape index (κ2) is 11.9. The molecular formula is C32H42N6O3. The molecule has 0 atom stereocenters. The number of carbonyl (C=O) groups is 2. The molecule has 0 radical (unpaired) electrons. The van der Waals surface area contributed by atoms with Crippen LogP contribution < -0.4 is 15.5 Å². The molecule has 3 heterocycles. The van der Waals surface area contributed by atoms with Crippen LogP contribution in [0.4, 0.5) is 22.0 Å². The monoisotopic (exact) mass is 558 g/mol. The zero-order valence-corrected chi connectivity index (χ0v) is 24.9. The summed E-state index contributed by atoms with van der Waals surface area (Å²) in [6.07, 6.45) is 4.25. The van der Waals surface area contributed by atoms with Gasteiger partial charge in [-0.3, -0.25) is 9.48 Å². The minimum absolute atomic E-state index is 0.0479. The molecule has 9 nitrogen and oxygen atoms in total. The first-order chi connectivity index (χ1) is 19.6. The van der Waals surface area contributed by atoms with Crippen LogP contribution in [-0.4, -0.2) is 52.4 Å². The van der Waals surface area contributed by atoms with Crippen LogP contribution in [-0.2, 0) is 24.9 Å². The van der Waals surface area contributed by atoms with E-state index in [0.717, 1.165) is 72.8 Å². The van der Waals surface area contributed by atoms with Gasteiger partial charge in [-0.25, -0.2) is 4.79 Å². The number of para-hydroxylation sites is 2. The molecule has 9 heteroatoms. The molecule has 2 aliphatic rings. The number of hydrogen-bond acceptors (Lipinski definition) is 6. The van der Waals surface area contributed by atoms with Gasteiger partial charge in [-0.15, -0.1) is 0 Å². The van der Waals surface area contributed by atoms with Crippen LogP contribution in [0, 0.1) is 12.3 Å². The Morgan fingerprint density at radius 1 is 1.12 bits per heavy atom. The van der Waals surface area contributed by atoms with Gasteiger partial charge in [0.2, 0.25) is 0 Å². The van der Waals surface area contributed by atoms with Crippen LogP contribution in [0.2, 0.25) is 0 Å². The van der Waals surface area contributed by atoms with Gasteiger partial charge in [0, 0.05) is 37.8 Å². The molecule has 0 spiro atoms. The third-order valence-electron chi connectivity index (χ3n) is 8.04. The van der Waals surface area contributed by atoms with Gasteiger partial charge < -0.3 is 25.2 Å². The van der Waals surface area contributed by atoms with Gasteiger partial charge in [0.25, 0.3) is 5.91 Å². The van der Waals surface area contributed by atoms with Crippen LogP contribution in [0.5, 0.6) is 0 Å². The Balaban J connectivity index is 1.17. The molecule has 0 bridgehead atoms. The molecule has 218 valence electrons. The molecule has 3 aromatic rings. The maximum atomic E-state index is 13.8. The predicted octanol–water partition coefficient (Wildman–Crippen LogP) is 5.76. The minimum atomic E-state index is -0.390. The fourth-order valence-electron chi connectivity index (χ4n) is 5.43. The van der Waals surface area contributed by atoms with Gasteiger partial charge >= 0.3 is 6.09 Å². The lowest BCUT2D eigenvalue weighted by Crippen LogP contribution is -2.40. The van der Waals surface area contributed by atoms with Crippen molar-refractivity contribution in [2.75, 3.05) is 29.9 Å². The summed E-state index contributed by atoms with van der Waals surface area (Å²) >= 11 is 0. The van der Waals surface area contributed by atoms with Crippen LogP contribution in [0.1, 0.15) is 67.1 Å². The summed E-state index contributed by atoms with van der Waals surface area (Å²) in [6, 6.07) is 13.4. The number of rotatable bonds is 6. The van der Waals surface area contributed by atoms with Crippen LogP contribution in [0.3, 0.4) is 0 Å². The van der Waals surface area contributed by atoms with Gasteiger partial charge in [-0.2, -0.15) is 5.10 Å². The maximum Gasteiger partial charge on any atom is 0.407 e. The Kier molecular flexibility index (Phi) is 8.35. The molecule has 41 heavy (non-hydrogen) atoms. The molecule has 1 fully saturated rings. The number of aryl methyl sites for hydroxylation is 2. The third-order valence-corrected chi connectivity index (χ3v) is 8.04. The fourth-order valence-corrected chi connectivity index (χ4v) is 5.43. The van der Waals surface area contributed by atoms with E-state index in [9.17, 15) is 9.59 Å². The van der Waals surface area contributed by atoms with Crippen molar-refractivity contribution in [1.82, 2.24) is 20.0 Å². The average Bonchev–Trinajstić information content (AvgIpc) is 3.18. The molecular weight excluding hydrogens is 516 g/mol. The molecule has 0 unspecified atom stereocenters. The van der Waals surface area contributed by atoms with E-state index in [1.807, 2.05) is 56.4 Å². The van der Waals surface area contributed by atoms with Crippen molar-refractivity contribution in [3.8, 4) is 0 Å². The number of benzene rings is 2. The van der Waals surface area contributed by atoms with Crippen LogP contribution >= 0.6 is 0 Å². The molecule has 0 aliphatic carbocycles. The third kappa shape index (κ3) is 6.90. The molecule has 2 aliphatic heterocycles. The van der Waals surface area contributed by atoms with Crippen molar-refractivity contribution in [2.24, 2.45) is 12.5 Å².